The summed E-state index contributed by atoms with van der Waals surface area (Å²) in [5.41, 5.74) is 1.02. The lowest BCUT2D eigenvalue weighted by atomic mass is 10.0. The Morgan fingerprint density at radius 1 is 1.33 bits per heavy atom. The van der Waals surface area contributed by atoms with Crippen LogP contribution < -0.4 is 10.1 Å². The fourth-order valence-electron chi connectivity index (χ4n) is 3.81. The maximum Gasteiger partial charge on any atom is 0.237 e. The van der Waals surface area contributed by atoms with E-state index in [1.165, 1.54) is 0 Å². The first-order valence-corrected chi connectivity index (χ1v) is 9.57. The number of benzene rings is 1. The van der Waals surface area contributed by atoms with Crippen molar-refractivity contribution < 1.29 is 19.1 Å². The average molecular weight is 375 g/mol. The van der Waals surface area contributed by atoms with Crippen LogP contribution in [0, 0.1) is 0 Å². The molecule has 2 amide bonds. The van der Waals surface area contributed by atoms with Crippen molar-refractivity contribution in [2.45, 2.75) is 37.9 Å². The molecule has 0 saturated carbocycles. The summed E-state index contributed by atoms with van der Waals surface area (Å²) >= 11 is 0. The van der Waals surface area contributed by atoms with Gasteiger partial charge in [-0.25, -0.2) is 0 Å². The van der Waals surface area contributed by atoms with Gasteiger partial charge >= 0.3 is 0 Å². The first kappa shape index (κ1) is 19.6. The smallest absolute Gasteiger partial charge is 0.237 e. The Balaban J connectivity index is 1.68. The molecule has 148 valence electrons. The third kappa shape index (κ3) is 4.78. The van der Waals surface area contributed by atoms with Gasteiger partial charge in [0.05, 0.1) is 19.6 Å². The van der Waals surface area contributed by atoms with Crippen LogP contribution in [0.4, 0.5) is 0 Å². The van der Waals surface area contributed by atoms with E-state index in [2.05, 4.69) is 10.2 Å². The summed E-state index contributed by atoms with van der Waals surface area (Å²) in [5.74, 6) is 0.728. The molecule has 2 fully saturated rings. The molecule has 2 heterocycles. The SMILES string of the molecule is COc1ccccc1CN1CCNC(=O)C1CC(=O)N(C)C1CCOCC1. The van der Waals surface area contributed by atoms with E-state index < -0.39 is 6.04 Å². The second kappa shape index (κ2) is 9.19. The number of para-hydroxylation sites is 1. The Labute approximate surface area is 160 Å². The molecule has 2 aliphatic heterocycles. The van der Waals surface area contributed by atoms with E-state index in [0.717, 1.165) is 24.2 Å². The van der Waals surface area contributed by atoms with Crippen LogP contribution in [0.3, 0.4) is 0 Å². The Bertz CT molecular complexity index is 660. The number of ether oxygens (including phenoxy) is 2. The molecule has 1 atom stereocenters. The molecule has 3 rings (SSSR count). The van der Waals surface area contributed by atoms with E-state index in [9.17, 15) is 9.59 Å². The molecule has 1 unspecified atom stereocenters. The van der Waals surface area contributed by atoms with Gasteiger partial charge in [0.15, 0.2) is 0 Å². The van der Waals surface area contributed by atoms with Gasteiger partial charge in [-0.1, -0.05) is 18.2 Å². The fourth-order valence-corrected chi connectivity index (χ4v) is 3.81. The summed E-state index contributed by atoms with van der Waals surface area (Å²) in [6.07, 6.45) is 1.89. The maximum absolute atomic E-state index is 12.8. The number of amides is 2. The third-order valence-electron chi connectivity index (χ3n) is 5.51. The van der Waals surface area contributed by atoms with Crippen LogP contribution in [0.25, 0.3) is 0 Å². The van der Waals surface area contributed by atoms with E-state index >= 15 is 0 Å². The van der Waals surface area contributed by atoms with Crippen molar-refractivity contribution in [3.8, 4) is 5.75 Å². The number of carbonyl (C=O) groups excluding carboxylic acids is 2. The summed E-state index contributed by atoms with van der Waals surface area (Å²) in [6, 6.07) is 7.53. The highest BCUT2D eigenvalue weighted by atomic mass is 16.5. The van der Waals surface area contributed by atoms with E-state index in [4.69, 9.17) is 9.47 Å². The molecule has 0 aliphatic carbocycles. The van der Waals surface area contributed by atoms with Crippen LogP contribution in [-0.4, -0.2) is 74.2 Å². The molecule has 0 spiro atoms. The largest absolute Gasteiger partial charge is 0.496 e. The summed E-state index contributed by atoms with van der Waals surface area (Å²) in [4.78, 5) is 29.2. The van der Waals surface area contributed by atoms with Gasteiger partial charge in [0, 0.05) is 51.5 Å². The van der Waals surface area contributed by atoms with Gasteiger partial charge in [0.1, 0.15) is 5.75 Å². The number of rotatable bonds is 6. The lowest BCUT2D eigenvalue weighted by Gasteiger charge is -2.37. The molecular weight excluding hydrogens is 346 g/mol. The summed E-state index contributed by atoms with van der Waals surface area (Å²) in [5, 5.41) is 2.90. The minimum absolute atomic E-state index is 0.00831. The topological polar surface area (TPSA) is 71.1 Å². The molecular formula is C20H29N3O4. The second-order valence-electron chi connectivity index (χ2n) is 7.14. The average Bonchev–Trinajstić information content (AvgIpc) is 2.71. The van der Waals surface area contributed by atoms with E-state index in [0.29, 0.717) is 32.8 Å². The molecule has 0 radical (unpaired) electrons. The van der Waals surface area contributed by atoms with Crippen molar-refractivity contribution >= 4 is 11.8 Å². The first-order valence-electron chi connectivity index (χ1n) is 9.57. The Kier molecular flexibility index (Phi) is 6.68. The number of nitrogens with one attached hydrogen (secondary N) is 1. The normalized spacial score (nSPS) is 21.6. The van der Waals surface area contributed by atoms with Gasteiger partial charge in [-0.15, -0.1) is 0 Å². The van der Waals surface area contributed by atoms with Crippen LogP contribution in [0.15, 0.2) is 24.3 Å². The molecule has 7 nitrogen and oxygen atoms in total. The standard InChI is InChI=1S/C20H29N3O4/c1-22(16-7-11-27-12-8-16)19(24)13-17-20(25)21-9-10-23(17)14-15-5-3-4-6-18(15)26-2/h3-6,16-17H,7-14H2,1-2H3,(H,21,25). The second-order valence-corrected chi connectivity index (χ2v) is 7.14. The van der Waals surface area contributed by atoms with Crippen molar-refractivity contribution in [3.05, 3.63) is 29.8 Å². The highest BCUT2D eigenvalue weighted by Gasteiger charge is 2.34. The van der Waals surface area contributed by atoms with E-state index in [1.54, 1.807) is 12.0 Å². The molecule has 27 heavy (non-hydrogen) atoms. The lowest BCUT2D eigenvalue weighted by Crippen LogP contribution is -2.56. The van der Waals surface area contributed by atoms with Gasteiger partial charge in [-0.05, 0) is 18.9 Å². The summed E-state index contributed by atoms with van der Waals surface area (Å²) in [7, 11) is 3.48. The van der Waals surface area contributed by atoms with Crippen LogP contribution >= 0.6 is 0 Å². The third-order valence-corrected chi connectivity index (χ3v) is 5.51. The number of carbonyl (C=O) groups is 2. The monoisotopic (exact) mass is 375 g/mol. The number of nitrogens with zero attached hydrogens (tertiary/aromatic N) is 2. The van der Waals surface area contributed by atoms with Gasteiger partial charge in [-0.3, -0.25) is 14.5 Å². The van der Waals surface area contributed by atoms with Gasteiger partial charge in [-0.2, -0.15) is 0 Å². The Hall–Kier alpha value is -2.12. The summed E-state index contributed by atoms with van der Waals surface area (Å²) in [6.45, 7) is 3.26. The Morgan fingerprint density at radius 3 is 2.81 bits per heavy atom. The van der Waals surface area contributed by atoms with Crippen molar-refractivity contribution in [2.75, 3.05) is 40.5 Å². The molecule has 1 aromatic carbocycles. The first-order chi connectivity index (χ1) is 13.1. The molecule has 2 saturated heterocycles. The summed E-state index contributed by atoms with van der Waals surface area (Å²) < 4.78 is 10.8. The zero-order valence-corrected chi connectivity index (χ0v) is 16.1. The highest BCUT2D eigenvalue weighted by molar-refractivity contribution is 5.88. The van der Waals surface area contributed by atoms with Crippen molar-refractivity contribution in [3.63, 3.8) is 0 Å². The van der Waals surface area contributed by atoms with Crippen LogP contribution in [0.1, 0.15) is 24.8 Å². The minimum Gasteiger partial charge on any atom is -0.496 e. The van der Waals surface area contributed by atoms with Crippen molar-refractivity contribution in [1.82, 2.24) is 15.1 Å². The Morgan fingerprint density at radius 2 is 2.07 bits per heavy atom. The van der Waals surface area contributed by atoms with Crippen LogP contribution in [0.2, 0.25) is 0 Å². The van der Waals surface area contributed by atoms with Gasteiger partial charge in [0.25, 0.3) is 0 Å². The van der Waals surface area contributed by atoms with E-state index in [1.807, 2.05) is 31.3 Å². The zero-order valence-electron chi connectivity index (χ0n) is 16.1. The molecule has 0 bridgehead atoms. The van der Waals surface area contributed by atoms with Crippen LogP contribution in [-0.2, 0) is 20.9 Å². The fraction of sp³-hybridized carbons (Fsp3) is 0.600. The number of piperazine rings is 1. The molecule has 1 N–H and O–H groups in total. The molecule has 7 heteroatoms. The van der Waals surface area contributed by atoms with Crippen LogP contribution in [0.5, 0.6) is 5.75 Å². The predicted octanol–water partition coefficient (Wildman–Crippen LogP) is 1.02. The minimum atomic E-state index is -0.460. The molecule has 0 aromatic heterocycles. The zero-order chi connectivity index (χ0) is 19.2. The van der Waals surface area contributed by atoms with Crippen molar-refractivity contribution in [2.24, 2.45) is 0 Å². The molecule has 2 aliphatic rings. The van der Waals surface area contributed by atoms with Crippen molar-refractivity contribution in [1.29, 1.82) is 0 Å². The lowest BCUT2D eigenvalue weighted by molar-refractivity contribution is -0.140. The maximum atomic E-state index is 12.8. The molecule has 1 aromatic rings. The van der Waals surface area contributed by atoms with Gasteiger partial charge < -0.3 is 19.7 Å². The number of methoxy groups -OCH3 is 1. The number of hydrogen-bond donors (Lipinski definition) is 1. The quantitative estimate of drug-likeness (QED) is 0.804. The van der Waals surface area contributed by atoms with E-state index in [-0.39, 0.29) is 24.3 Å². The predicted molar refractivity (Wildman–Crippen MR) is 101 cm³/mol. The number of hydrogen-bond acceptors (Lipinski definition) is 5. The highest BCUT2D eigenvalue weighted by Crippen LogP contribution is 2.23. The van der Waals surface area contributed by atoms with Gasteiger partial charge in [0.2, 0.25) is 11.8 Å².